The molecule has 5 heteroatoms. The molecule has 0 aromatic heterocycles. The molecule has 0 saturated carbocycles. The molecule has 1 unspecified atom stereocenters. The third kappa shape index (κ3) is 3.04. The van der Waals surface area contributed by atoms with Gasteiger partial charge in [0.2, 0.25) is 0 Å². The standard InChI is InChI=1S/C17H21NO4/c1-3-13(19)14-15(12-8-5-4-6-9-12)18(10-7-11-22-2)17(21)16(14)20/h4-6,8-9,15,20H,3,7,10-11H2,1-2H3. The predicted octanol–water partition coefficient (Wildman–Crippen LogP) is 2.40. The van der Waals surface area contributed by atoms with Crippen LogP contribution in [0.15, 0.2) is 41.7 Å². The van der Waals surface area contributed by atoms with Crippen LogP contribution in [0.1, 0.15) is 31.4 Å². The molecular weight excluding hydrogens is 282 g/mol. The number of rotatable bonds is 7. The van der Waals surface area contributed by atoms with Gasteiger partial charge < -0.3 is 14.7 Å². The van der Waals surface area contributed by atoms with Crippen LogP contribution in [0.5, 0.6) is 0 Å². The molecule has 1 atom stereocenters. The first kappa shape index (κ1) is 16.2. The number of aliphatic hydroxyl groups excluding tert-OH is 1. The molecule has 0 radical (unpaired) electrons. The van der Waals surface area contributed by atoms with Gasteiger partial charge in [0.05, 0.1) is 11.6 Å². The minimum atomic E-state index is -0.516. The van der Waals surface area contributed by atoms with Gasteiger partial charge in [0, 0.05) is 26.7 Å². The molecule has 0 spiro atoms. The maximum absolute atomic E-state index is 12.3. The van der Waals surface area contributed by atoms with Crippen LogP contribution in [0.2, 0.25) is 0 Å². The van der Waals surface area contributed by atoms with E-state index in [9.17, 15) is 14.7 Å². The minimum absolute atomic E-state index is 0.200. The molecule has 1 heterocycles. The van der Waals surface area contributed by atoms with Crippen molar-refractivity contribution in [2.75, 3.05) is 20.3 Å². The van der Waals surface area contributed by atoms with Gasteiger partial charge in [-0.1, -0.05) is 37.3 Å². The van der Waals surface area contributed by atoms with Crippen LogP contribution in [0.4, 0.5) is 0 Å². The highest BCUT2D eigenvalue weighted by Gasteiger charge is 2.42. The highest BCUT2D eigenvalue weighted by molar-refractivity contribution is 6.08. The van der Waals surface area contributed by atoms with Gasteiger partial charge >= 0.3 is 0 Å². The smallest absolute Gasteiger partial charge is 0.290 e. The van der Waals surface area contributed by atoms with E-state index in [2.05, 4.69) is 0 Å². The number of Topliss-reactive ketones (excluding diaryl/α,β-unsaturated/α-hetero) is 1. The van der Waals surface area contributed by atoms with Crippen LogP contribution < -0.4 is 0 Å². The second-order valence-electron chi connectivity index (χ2n) is 5.20. The third-order valence-electron chi connectivity index (χ3n) is 3.79. The molecule has 1 N–H and O–H groups in total. The molecule has 22 heavy (non-hydrogen) atoms. The number of ketones is 1. The van der Waals surface area contributed by atoms with Crippen LogP contribution in [0.3, 0.4) is 0 Å². The van der Waals surface area contributed by atoms with Gasteiger partial charge in [0.25, 0.3) is 5.91 Å². The van der Waals surface area contributed by atoms with Crippen molar-refractivity contribution in [3.05, 3.63) is 47.2 Å². The molecule has 118 valence electrons. The number of carbonyl (C=O) groups is 2. The number of carbonyl (C=O) groups excluding carboxylic acids is 2. The number of methoxy groups -OCH3 is 1. The third-order valence-corrected chi connectivity index (χ3v) is 3.79. The Morgan fingerprint density at radius 2 is 2.00 bits per heavy atom. The monoisotopic (exact) mass is 303 g/mol. The summed E-state index contributed by atoms with van der Waals surface area (Å²) >= 11 is 0. The Morgan fingerprint density at radius 1 is 1.32 bits per heavy atom. The lowest BCUT2D eigenvalue weighted by Gasteiger charge is -2.26. The fourth-order valence-electron chi connectivity index (χ4n) is 2.72. The summed E-state index contributed by atoms with van der Waals surface area (Å²) in [6.07, 6.45) is 0.897. The van der Waals surface area contributed by atoms with E-state index in [-0.39, 0.29) is 17.8 Å². The van der Waals surface area contributed by atoms with Crippen LogP contribution in [0, 0.1) is 0 Å². The largest absolute Gasteiger partial charge is 0.503 e. The Labute approximate surface area is 130 Å². The van der Waals surface area contributed by atoms with Crippen molar-refractivity contribution >= 4 is 11.7 Å². The number of aliphatic hydroxyl groups is 1. The zero-order valence-electron chi connectivity index (χ0n) is 12.9. The maximum Gasteiger partial charge on any atom is 0.290 e. The van der Waals surface area contributed by atoms with E-state index in [0.717, 1.165) is 5.56 Å². The van der Waals surface area contributed by atoms with E-state index in [4.69, 9.17) is 4.74 Å². The number of hydrogen-bond acceptors (Lipinski definition) is 4. The zero-order chi connectivity index (χ0) is 16.1. The topological polar surface area (TPSA) is 66.8 Å². The molecule has 0 saturated heterocycles. The Balaban J connectivity index is 2.38. The van der Waals surface area contributed by atoms with E-state index in [1.165, 1.54) is 0 Å². The summed E-state index contributed by atoms with van der Waals surface area (Å²) in [5.74, 6) is -1.10. The van der Waals surface area contributed by atoms with Crippen LogP contribution in [-0.4, -0.2) is 42.0 Å². The highest BCUT2D eigenvalue weighted by atomic mass is 16.5. The SMILES string of the molecule is CCC(=O)C1=C(O)C(=O)N(CCCOC)C1c1ccccc1. The molecule has 1 aromatic rings. The van der Waals surface area contributed by atoms with E-state index >= 15 is 0 Å². The van der Waals surface area contributed by atoms with Gasteiger partial charge in [-0.15, -0.1) is 0 Å². The van der Waals surface area contributed by atoms with E-state index < -0.39 is 17.7 Å². The van der Waals surface area contributed by atoms with E-state index in [1.54, 1.807) is 18.9 Å². The first-order valence-electron chi connectivity index (χ1n) is 7.43. The quantitative estimate of drug-likeness (QED) is 0.785. The minimum Gasteiger partial charge on any atom is -0.503 e. The first-order chi connectivity index (χ1) is 10.6. The first-order valence-corrected chi connectivity index (χ1v) is 7.43. The van der Waals surface area contributed by atoms with Crippen molar-refractivity contribution in [2.24, 2.45) is 0 Å². The van der Waals surface area contributed by atoms with Gasteiger partial charge in [-0.25, -0.2) is 0 Å². The Morgan fingerprint density at radius 3 is 2.59 bits per heavy atom. The molecule has 0 fully saturated rings. The lowest BCUT2D eigenvalue weighted by atomic mass is 9.95. The summed E-state index contributed by atoms with van der Waals surface area (Å²) in [6.45, 7) is 2.67. The summed E-state index contributed by atoms with van der Waals surface area (Å²) in [6, 6.07) is 8.80. The molecular formula is C17H21NO4. The number of hydrogen-bond donors (Lipinski definition) is 1. The Hall–Kier alpha value is -2.14. The van der Waals surface area contributed by atoms with Gasteiger partial charge in [-0.2, -0.15) is 0 Å². The molecule has 0 aliphatic carbocycles. The fourth-order valence-corrected chi connectivity index (χ4v) is 2.72. The van der Waals surface area contributed by atoms with Gasteiger partial charge in [0.15, 0.2) is 11.5 Å². The van der Waals surface area contributed by atoms with Crippen LogP contribution in [-0.2, 0) is 14.3 Å². The molecule has 0 bridgehead atoms. The number of amides is 1. The zero-order valence-corrected chi connectivity index (χ0v) is 12.9. The summed E-state index contributed by atoms with van der Waals surface area (Å²) in [7, 11) is 1.60. The van der Waals surface area contributed by atoms with Gasteiger partial charge in [-0.05, 0) is 12.0 Å². The predicted molar refractivity (Wildman–Crippen MR) is 82.3 cm³/mol. The summed E-state index contributed by atoms with van der Waals surface area (Å²) in [5.41, 5.74) is 1.03. The van der Waals surface area contributed by atoms with Crippen molar-refractivity contribution in [2.45, 2.75) is 25.8 Å². The van der Waals surface area contributed by atoms with Crippen molar-refractivity contribution in [1.82, 2.24) is 4.90 Å². The molecule has 1 amide bonds. The van der Waals surface area contributed by atoms with Crippen LogP contribution in [0.25, 0.3) is 0 Å². The number of ether oxygens (including phenoxy) is 1. The fraction of sp³-hybridized carbons (Fsp3) is 0.412. The Bertz CT molecular complexity index is 580. The molecule has 1 aromatic carbocycles. The van der Waals surface area contributed by atoms with Crippen LogP contribution >= 0.6 is 0 Å². The van der Waals surface area contributed by atoms with Crippen molar-refractivity contribution < 1.29 is 19.4 Å². The average Bonchev–Trinajstić information content (AvgIpc) is 2.80. The van der Waals surface area contributed by atoms with Crippen molar-refractivity contribution in [3.63, 3.8) is 0 Å². The summed E-state index contributed by atoms with van der Waals surface area (Å²) < 4.78 is 5.02. The van der Waals surface area contributed by atoms with Crippen molar-refractivity contribution in [1.29, 1.82) is 0 Å². The van der Waals surface area contributed by atoms with E-state index in [0.29, 0.717) is 19.6 Å². The summed E-state index contributed by atoms with van der Waals surface area (Å²) in [4.78, 5) is 26.1. The molecule has 2 rings (SSSR count). The second kappa shape index (κ2) is 7.22. The molecule has 1 aliphatic rings. The normalized spacial score (nSPS) is 18.2. The summed E-state index contributed by atoms with van der Waals surface area (Å²) in [5, 5.41) is 10.2. The molecule has 5 nitrogen and oxygen atoms in total. The van der Waals surface area contributed by atoms with Gasteiger partial charge in [-0.3, -0.25) is 9.59 Å². The van der Waals surface area contributed by atoms with E-state index in [1.807, 2.05) is 30.3 Å². The highest BCUT2D eigenvalue weighted by Crippen LogP contribution is 2.38. The Kier molecular flexibility index (Phi) is 5.33. The van der Waals surface area contributed by atoms with Crippen molar-refractivity contribution in [3.8, 4) is 0 Å². The average molecular weight is 303 g/mol. The number of nitrogens with zero attached hydrogens (tertiary/aromatic N) is 1. The molecule has 1 aliphatic heterocycles. The second-order valence-corrected chi connectivity index (χ2v) is 5.20. The lowest BCUT2D eigenvalue weighted by molar-refractivity contribution is -0.129. The maximum atomic E-state index is 12.3. The van der Waals surface area contributed by atoms with Gasteiger partial charge in [0.1, 0.15) is 0 Å². The lowest BCUT2D eigenvalue weighted by Crippen LogP contribution is -2.32. The number of benzene rings is 1.